The Morgan fingerprint density at radius 3 is 1.55 bits per heavy atom. The molecule has 2 unspecified atom stereocenters. The predicted molar refractivity (Wildman–Crippen MR) is 338 cm³/mol. The first kappa shape index (κ1) is 68.0. The van der Waals surface area contributed by atoms with E-state index < -0.39 is 32.6 Å². The van der Waals surface area contributed by atoms with Crippen LogP contribution in [0.15, 0.2) is 70.7 Å². The Labute approximate surface area is 503 Å². The third-order valence-corrected chi connectivity index (χ3v) is 32.0. The quantitative estimate of drug-likeness (QED) is 0.115. The molecule has 4 atom stereocenters. The maximum Gasteiger partial charge on any atom is 0.329 e. The first-order chi connectivity index (χ1) is 38.4. The van der Waals surface area contributed by atoms with Gasteiger partial charge < -0.3 is 43.4 Å². The highest BCUT2D eigenvalue weighted by molar-refractivity contribution is 8.72. The van der Waals surface area contributed by atoms with E-state index in [9.17, 15) is 26.4 Å². The van der Waals surface area contributed by atoms with Gasteiger partial charge in [-0.25, -0.2) is 21.6 Å². The van der Waals surface area contributed by atoms with E-state index in [0.29, 0.717) is 75.6 Å². The minimum absolute atomic E-state index is 0.0395. The van der Waals surface area contributed by atoms with Gasteiger partial charge in [0.15, 0.2) is 0 Å². The lowest BCUT2D eigenvalue weighted by atomic mass is 10.1. The summed E-state index contributed by atoms with van der Waals surface area (Å²) in [5, 5.41) is 12.2. The molecule has 28 heteroatoms. The summed E-state index contributed by atoms with van der Waals surface area (Å²) in [7, 11) is 6.61. The number of carboxylic acid groups (broad SMARTS) is 1. The molecule has 2 N–H and O–H groups in total. The van der Waals surface area contributed by atoms with E-state index in [0.717, 1.165) is 63.9 Å². The number of carbonyl (C=O) groups is 2. The normalized spacial score (nSPS) is 19.1. The number of benzene rings is 2. The van der Waals surface area contributed by atoms with Crippen LogP contribution in [-0.4, -0.2) is 135 Å². The van der Waals surface area contributed by atoms with Crippen molar-refractivity contribution in [2.24, 2.45) is 0 Å². The summed E-state index contributed by atoms with van der Waals surface area (Å²) in [6.45, 7) is 15.8. The van der Waals surface area contributed by atoms with Crippen molar-refractivity contribution >= 4 is 116 Å². The molecular weight excluding hydrogens is 1240 g/mol. The number of amides is 1. The summed E-state index contributed by atoms with van der Waals surface area (Å²) < 4.78 is 83.0. The van der Waals surface area contributed by atoms with Crippen molar-refractivity contribution in [2.45, 2.75) is 140 Å². The van der Waals surface area contributed by atoms with Crippen molar-refractivity contribution in [3.8, 4) is 11.5 Å². The summed E-state index contributed by atoms with van der Waals surface area (Å²) in [6, 6.07) is 15.4. The first-order valence-electron chi connectivity index (χ1n) is 26.3. The Morgan fingerprint density at radius 2 is 1.10 bits per heavy atom. The molecular formula is C52H76N6O11S11. The minimum atomic E-state index is -3.71. The van der Waals surface area contributed by atoms with Gasteiger partial charge in [-0.15, -0.1) is 0 Å². The fourth-order valence-electron chi connectivity index (χ4n) is 10.7. The summed E-state index contributed by atoms with van der Waals surface area (Å²) in [5.74, 6) is 0.156. The first-order valence-corrected chi connectivity index (χ1v) is 39.9. The number of carboxylic acids is 1. The average molecular weight is 1310 g/mol. The highest BCUT2D eigenvalue weighted by Crippen LogP contribution is 2.34. The molecule has 0 spiro atoms. The van der Waals surface area contributed by atoms with E-state index in [-0.39, 0.29) is 43.9 Å². The van der Waals surface area contributed by atoms with Crippen LogP contribution in [0.4, 0.5) is 0 Å². The summed E-state index contributed by atoms with van der Waals surface area (Å²) in [5.41, 5.74) is 5.20. The van der Waals surface area contributed by atoms with Gasteiger partial charge >= 0.3 is 5.97 Å². The fourth-order valence-corrected chi connectivity index (χ4v) is 28.6. The Hall–Kier alpha value is -2.78. The number of nitrogens with one attached hydrogen (secondary N) is 1. The molecule has 0 aliphatic carbocycles. The highest BCUT2D eigenvalue weighted by Gasteiger charge is 2.38. The zero-order valence-corrected chi connectivity index (χ0v) is 55.5. The second kappa shape index (κ2) is 34.2. The number of piperidine rings is 2. The minimum Gasteiger partial charge on any atom is -0.497 e. The van der Waals surface area contributed by atoms with Crippen molar-refractivity contribution in [3.63, 3.8) is 0 Å². The van der Waals surface area contributed by atoms with Gasteiger partial charge in [-0.1, -0.05) is 26.7 Å². The molecule has 2 aromatic carbocycles. The van der Waals surface area contributed by atoms with Crippen LogP contribution in [0, 0.1) is 27.7 Å². The van der Waals surface area contributed by atoms with E-state index >= 15 is 0 Å². The molecule has 17 nitrogen and oxygen atoms in total. The number of aromatic nitrogens is 2. The topological polar surface area (TPSA) is 191 Å². The number of fused-ring (bicyclic) bond motifs is 2. The Morgan fingerprint density at radius 1 is 0.637 bits per heavy atom. The number of carbonyl (C=O) groups excluding carboxylic acids is 1. The number of methoxy groups -OCH3 is 2. The van der Waals surface area contributed by atoms with Crippen molar-refractivity contribution in [2.75, 3.05) is 66.8 Å². The molecule has 0 bridgehead atoms. The molecule has 8 rings (SSSR count). The van der Waals surface area contributed by atoms with Crippen molar-refractivity contribution in [3.05, 3.63) is 94.6 Å². The lowest BCUT2D eigenvalue weighted by molar-refractivity contribution is -0.143. The van der Waals surface area contributed by atoms with Gasteiger partial charge in [0.1, 0.15) is 24.7 Å². The Balaban J connectivity index is 0.000000225. The monoisotopic (exact) mass is 1310 g/mol. The smallest absolute Gasteiger partial charge is 0.329 e. The average Bonchev–Trinajstić information content (AvgIpc) is 4.24. The number of hydrogen-bond acceptors (Lipinski definition) is 13. The van der Waals surface area contributed by atoms with Crippen LogP contribution in [0.1, 0.15) is 111 Å². The summed E-state index contributed by atoms with van der Waals surface area (Å²) in [4.78, 5) is 26.2. The van der Waals surface area contributed by atoms with Gasteiger partial charge in [-0.3, -0.25) is 4.79 Å². The fraction of sp³-hybridized carbons (Fsp3) is 0.577. The van der Waals surface area contributed by atoms with E-state index in [1.807, 2.05) is 11.0 Å². The van der Waals surface area contributed by atoms with Crippen LogP contribution in [0.25, 0.3) is 0 Å². The molecule has 4 aromatic rings. The van der Waals surface area contributed by atoms with E-state index in [4.69, 9.17) is 24.1 Å². The lowest BCUT2D eigenvalue weighted by Crippen LogP contribution is -2.47. The molecule has 4 aliphatic heterocycles. The van der Waals surface area contributed by atoms with Crippen LogP contribution < -0.4 is 14.8 Å². The maximum absolute atomic E-state index is 13.7. The number of aryl methyl sites for hydroxylation is 4. The van der Waals surface area contributed by atoms with Gasteiger partial charge in [0.05, 0.1) is 43.3 Å². The number of sulfonamides is 2. The van der Waals surface area contributed by atoms with Crippen LogP contribution in [0.5, 0.6) is 11.5 Å². The Kier molecular flexibility index (Phi) is 29.1. The van der Waals surface area contributed by atoms with E-state index in [2.05, 4.69) is 81.3 Å². The predicted octanol–water partition coefficient (Wildman–Crippen LogP) is 7.14. The molecule has 2 saturated heterocycles. The molecule has 2 aromatic heterocycles. The molecule has 0 saturated carbocycles. The van der Waals surface area contributed by atoms with E-state index in [1.165, 1.54) is 34.2 Å². The molecule has 0 radical (unpaired) electrons. The van der Waals surface area contributed by atoms with E-state index in [1.54, 1.807) is 115 Å². The van der Waals surface area contributed by atoms with Gasteiger partial charge in [0.25, 0.3) is 0 Å². The van der Waals surface area contributed by atoms with Gasteiger partial charge in [-0.05, 0) is 137 Å². The molecule has 80 heavy (non-hydrogen) atoms. The number of ether oxygens (including phenoxy) is 4. The zero-order valence-electron chi connectivity index (χ0n) is 46.6. The van der Waals surface area contributed by atoms with Crippen LogP contribution in [0.2, 0.25) is 0 Å². The van der Waals surface area contributed by atoms with Gasteiger partial charge in [0, 0.05) is 166 Å². The second-order valence-electron chi connectivity index (χ2n) is 19.3. The number of nitrogens with zero attached hydrogens (tertiary/aromatic N) is 5. The van der Waals surface area contributed by atoms with Crippen LogP contribution in [-0.2, 0) is 137 Å². The largest absolute Gasteiger partial charge is 0.497 e. The third kappa shape index (κ3) is 18.9. The summed E-state index contributed by atoms with van der Waals surface area (Å²) >= 11 is 9.27. The lowest BCUT2D eigenvalue weighted by Gasteiger charge is -2.37. The molecule has 6 heterocycles. The molecule has 446 valence electrons. The van der Waals surface area contributed by atoms with Gasteiger partial charge in [-0.2, -0.15) is 8.61 Å². The highest BCUT2D eigenvalue weighted by atomic mass is 33.4. The molecule has 4 aliphatic rings. The SMILES string of the molecule is CCC1NCCn2cccc21.CCC1c2cccn2CCN1C(=O)COC[C@@H]1CCCCN1S(=O)(=O)c1c(C)cc(OC)cc1C.COc1cc(C)c(S(=O)(=O)N2CCCC[C@H]2COCC(=O)O)c(C)c1.S=S=S=S=S=S=S=S=S. The third-order valence-electron chi connectivity index (χ3n) is 14.1. The molecule has 1 amide bonds. The van der Waals surface area contributed by atoms with Crippen molar-refractivity contribution in [1.29, 1.82) is 0 Å². The standard InChI is InChI=1S/C26H37N3O5S.C17H25NO6S.C9H14N2.S9/c1-5-23-24-10-8-11-27(24)13-14-28(23)25(30)18-34-17-21-9-6-7-12-29(21)35(31,32)26-19(2)15-22(33-4)16-20(26)3;1-12-8-15(23-3)9-13(2)17(12)25(21,22)18-7-5-4-6-14(18)10-24-11-16(19)20;1-2-8-9-4-3-6-11(9)7-5-10-8;1-3-5-7-9-8-6-4-2/h8,10-11,15-16,21,23H,5-7,9,12-14,17-18H2,1-4H3;8-9,14H,4-7,10-11H2,1-3H3,(H,19,20);3-4,6,8,10H,2,5,7H2,1H3;/t21-,23?;14-;;/m00../s1. The Bertz CT molecular complexity index is 3200. The van der Waals surface area contributed by atoms with Crippen molar-refractivity contribution in [1.82, 2.24) is 28.0 Å². The second-order valence-corrected chi connectivity index (χ2v) is 35.3. The van der Waals surface area contributed by atoms with Crippen molar-refractivity contribution < 1.29 is 50.5 Å². The number of hydrogen-bond donors (Lipinski definition) is 2. The number of aliphatic carboxylic acids is 1. The molecule has 2 fully saturated rings. The zero-order chi connectivity index (χ0) is 58.4. The maximum atomic E-state index is 13.7. The van der Waals surface area contributed by atoms with Gasteiger partial charge in [0.2, 0.25) is 26.0 Å². The number of rotatable bonds is 16. The van der Waals surface area contributed by atoms with Crippen LogP contribution >= 0.6 is 0 Å². The summed E-state index contributed by atoms with van der Waals surface area (Å²) in [6.07, 6.45) is 11.1. The van der Waals surface area contributed by atoms with Crippen LogP contribution in [0.3, 0.4) is 0 Å².